The van der Waals surface area contributed by atoms with E-state index in [9.17, 15) is 9.18 Å². The summed E-state index contributed by atoms with van der Waals surface area (Å²) in [4.78, 5) is 17.7. The van der Waals surface area contributed by atoms with Gasteiger partial charge in [-0.15, -0.1) is 18.3 Å². The van der Waals surface area contributed by atoms with Gasteiger partial charge in [-0.2, -0.15) is 5.10 Å². The Balaban J connectivity index is 0.00000145. The highest BCUT2D eigenvalue weighted by Crippen LogP contribution is 2.26. The van der Waals surface area contributed by atoms with Gasteiger partial charge in [-0.25, -0.2) is 14.1 Å². The standard InChI is InChI=1S/C26H27FN4OS.C3H8/c1-5-9-23(18-14-15-28-25(16-18)33-8-4)30-26(32)21(6-2)22-17-29-31(24(22)7-3)20-12-10-19(27)11-13-20;1-3-2/h5-7,10-17,23H,1,3,8-9H2,2,4H3,(H,30,32);3H2,1-2H3/b21-6+;. The van der Waals surface area contributed by atoms with Crippen molar-refractivity contribution in [2.75, 3.05) is 5.75 Å². The molecule has 0 aliphatic rings. The Labute approximate surface area is 218 Å². The molecule has 1 unspecified atom stereocenters. The van der Waals surface area contributed by atoms with Crippen molar-refractivity contribution in [2.24, 2.45) is 0 Å². The predicted molar refractivity (Wildman–Crippen MR) is 150 cm³/mol. The Bertz CT molecular complexity index is 1180. The number of hydrogen-bond acceptors (Lipinski definition) is 4. The average molecular weight is 507 g/mol. The number of hydrogen-bond donors (Lipinski definition) is 1. The van der Waals surface area contributed by atoms with E-state index < -0.39 is 0 Å². The van der Waals surface area contributed by atoms with Crippen LogP contribution in [0.3, 0.4) is 0 Å². The summed E-state index contributed by atoms with van der Waals surface area (Å²) >= 11 is 1.65. The zero-order chi connectivity index (χ0) is 26.5. The molecule has 1 aromatic carbocycles. The molecule has 0 spiro atoms. The summed E-state index contributed by atoms with van der Waals surface area (Å²) in [5, 5.41) is 8.46. The molecule has 36 heavy (non-hydrogen) atoms. The Hall–Kier alpha value is -3.45. The maximum absolute atomic E-state index is 13.3. The number of nitrogens with one attached hydrogen (secondary N) is 1. The second-order valence-corrected chi connectivity index (χ2v) is 9.14. The molecule has 5 nitrogen and oxygen atoms in total. The molecule has 1 N–H and O–H groups in total. The van der Waals surface area contributed by atoms with Crippen LogP contribution in [-0.2, 0) is 4.79 Å². The molecule has 2 heterocycles. The van der Waals surface area contributed by atoms with Crippen molar-refractivity contribution in [1.82, 2.24) is 20.1 Å². The number of carbonyl (C=O) groups excluding carboxylic acids is 1. The summed E-state index contributed by atoms with van der Waals surface area (Å²) < 4.78 is 15.0. The Kier molecular flexibility index (Phi) is 11.9. The van der Waals surface area contributed by atoms with Gasteiger partial charge in [0, 0.05) is 17.3 Å². The summed E-state index contributed by atoms with van der Waals surface area (Å²) in [6.07, 6.45) is 10.4. The predicted octanol–water partition coefficient (Wildman–Crippen LogP) is 7.41. The van der Waals surface area contributed by atoms with E-state index in [1.807, 2.05) is 19.1 Å². The van der Waals surface area contributed by atoms with E-state index in [-0.39, 0.29) is 17.8 Å². The molecule has 3 rings (SSSR count). The fourth-order valence-corrected chi connectivity index (χ4v) is 4.16. The molecular weight excluding hydrogens is 471 g/mol. The summed E-state index contributed by atoms with van der Waals surface area (Å²) in [5.41, 5.74) is 3.41. The monoisotopic (exact) mass is 506 g/mol. The third-order valence-corrected chi connectivity index (χ3v) is 5.86. The number of halogens is 1. The number of carbonyl (C=O) groups is 1. The van der Waals surface area contributed by atoms with E-state index in [2.05, 4.69) is 49.3 Å². The highest BCUT2D eigenvalue weighted by Gasteiger charge is 2.22. The van der Waals surface area contributed by atoms with Crippen LogP contribution in [0.15, 0.2) is 79.1 Å². The molecule has 0 aliphatic heterocycles. The molecular formula is C29H35FN4OS. The van der Waals surface area contributed by atoms with Crippen LogP contribution >= 0.6 is 11.8 Å². The summed E-state index contributed by atoms with van der Waals surface area (Å²) in [5.74, 6) is 0.359. The minimum absolute atomic E-state index is 0.229. The van der Waals surface area contributed by atoms with Crippen LogP contribution in [0.4, 0.5) is 4.39 Å². The second-order valence-electron chi connectivity index (χ2n) is 7.86. The molecule has 1 atom stereocenters. The lowest BCUT2D eigenvalue weighted by atomic mass is 10.0. The van der Waals surface area contributed by atoms with E-state index in [1.165, 1.54) is 18.6 Å². The first-order valence-electron chi connectivity index (χ1n) is 12.1. The first kappa shape index (κ1) is 28.8. The zero-order valence-electron chi connectivity index (χ0n) is 21.5. The largest absolute Gasteiger partial charge is 0.345 e. The second kappa shape index (κ2) is 14.8. The summed E-state index contributed by atoms with van der Waals surface area (Å²) in [6, 6.07) is 9.65. The minimum atomic E-state index is -0.329. The maximum Gasteiger partial charge on any atom is 0.252 e. The van der Waals surface area contributed by atoms with Crippen molar-refractivity contribution in [1.29, 1.82) is 0 Å². The lowest BCUT2D eigenvalue weighted by Gasteiger charge is -2.19. The molecule has 3 aromatic rings. The first-order valence-corrected chi connectivity index (χ1v) is 13.1. The molecule has 0 bridgehead atoms. The van der Waals surface area contributed by atoms with Gasteiger partial charge in [0.1, 0.15) is 5.82 Å². The lowest BCUT2D eigenvalue weighted by molar-refractivity contribution is -0.116. The molecule has 0 saturated heterocycles. The number of pyridine rings is 1. The van der Waals surface area contributed by atoms with Crippen LogP contribution in [0.1, 0.15) is 63.4 Å². The fraction of sp³-hybridized carbons (Fsp3) is 0.276. The molecule has 2 aromatic heterocycles. The van der Waals surface area contributed by atoms with Crippen LogP contribution in [0, 0.1) is 5.82 Å². The number of amides is 1. The van der Waals surface area contributed by atoms with Crippen molar-refractivity contribution in [3.8, 4) is 5.69 Å². The van der Waals surface area contributed by atoms with Gasteiger partial charge in [-0.05, 0) is 67.1 Å². The van der Waals surface area contributed by atoms with Crippen molar-refractivity contribution < 1.29 is 9.18 Å². The SMILES string of the molecule is C=CCC(NC(=O)/C(=C/C)c1cnn(-c2ccc(F)cc2)c1C=C)c1ccnc(SCC)c1.CCC. The third-order valence-electron chi connectivity index (χ3n) is 5.06. The molecule has 190 valence electrons. The van der Waals surface area contributed by atoms with Gasteiger partial charge in [0.2, 0.25) is 0 Å². The van der Waals surface area contributed by atoms with Gasteiger partial charge in [-0.1, -0.05) is 45.9 Å². The van der Waals surface area contributed by atoms with Crippen LogP contribution in [0.5, 0.6) is 0 Å². The lowest BCUT2D eigenvalue weighted by Crippen LogP contribution is -2.29. The van der Waals surface area contributed by atoms with Gasteiger partial charge in [0.15, 0.2) is 0 Å². The zero-order valence-corrected chi connectivity index (χ0v) is 22.3. The van der Waals surface area contributed by atoms with Gasteiger partial charge in [0.05, 0.1) is 28.6 Å². The normalized spacial score (nSPS) is 11.8. The van der Waals surface area contributed by atoms with Gasteiger partial charge in [0.25, 0.3) is 5.91 Å². The van der Waals surface area contributed by atoms with E-state index >= 15 is 0 Å². The van der Waals surface area contributed by atoms with E-state index in [1.54, 1.807) is 59.2 Å². The molecule has 0 aliphatic carbocycles. The van der Waals surface area contributed by atoms with E-state index in [4.69, 9.17) is 0 Å². The number of benzene rings is 1. The Morgan fingerprint density at radius 3 is 2.47 bits per heavy atom. The molecule has 7 heteroatoms. The first-order chi connectivity index (χ1) is 17.4. The van der Waals surface area contributed by atoms with Gasteiger partial charge < -0.3 is 5.32 Å². The van der Waals surface area contributed by atoms with Gasteiger partial charge in [-0.3, -0.25) is 4.79 Å². The fourth-order valence-electron chi connectivity index (χ4n) is 3.51. The van der Waals surface area contributed by atoms with Crippen LogP contribution in [-0.4, -0.2) is 26.4 Å². The van der Waals surface area contributed by atoms with Crippen molar-refractivity contribution in [2.45, 2.75) is 51.6 Å². The molecule has 0 radical (unpaired) electrons. The van der Waals surface area contributed by atoms with E-state index in [0.717, 1.165) is 16.3 Å². The van der Waals surface area contributed by atoms with E-state index in [0.29, 0.717) is 28.9 Å². The number of aromatic nitrogens is 3. The van der Waals surface area contributed by atoms with Crippen LogP contribution < -0.4 is 5.32 Å². The van der Waals surface area contributed by atoms with Crippen LogP contribution in [0.25, 0.3) is 17.3 Å². The summed E-state index contributed by atoms with van der Waals surface area (Å²) in [6.45, 7) is 15.9. The highest BCUT2D eigenvalue weighted by molar-refractivity contribution is 7.99. The summed E-state index contributed by atoms with van der Waals surface area (Å²) in [7, 11) is 0. The number of nitrogens with zero attached hydrogens (tertiary/aromatic N) is 3. The molecule has 1 amide bonds. The number of thioether (sulfide) groups is 1. The smallest absolute Gasteiger partial charge is 0.252 e. The number of allylic oxidation sites excluding steroid dienone is 1. The topological polar surface area (TPSA) is 59.8 Å². The highest BCUT2D eigenvalue weighted by atomic mass is 32.2. The Morgan fingerprint density at radius 1 is 1.19 bits per heavy atom. The van der Waals surface area contributed by atoms with Crippen LogP contribution in [0.2, 0.25) is 0 Å². The van der Waals surface area contributed by atoms with Crippen molar-refractivity contribution in [3.63, 3.8) is 0 Å². The quantitative estimate of drug-likeness (QED) is 0.177. The molecule has 0 fully saturated rings. The third kappa shape index (κ3) is 7.52. The molecule has 0 saturated carbocycles. The minimum Gasteiger partial charge on any atom is -0.345 e. The average Bonchev–Trinajstić information content (AvgIpc) is 3.29. The van der Waals surface area contributed by atoms with Crippen molar-refractivity contribution >= 4 is 29.3 Å². The number of rotatable bonds is 10. The van der Waals surface area contributed by atoms with Crippen molar-refractivity contribution in [3.05, 3.63) is 96.7 Å². The maximum atomic E-state index is 13.3. The van der Waals surface area contributed by atoms with Gasteiger partial charge >= 0.3 is 0 Å². The Morgan fingerprint density at radius 2 is 1.89 bits per heavy atom.